The standard InChI is InChI=1S/C16H18ClNO/c17-11-15(19)12-18-16(13-7-3-1-4-8-13)14-9-5-2-6-10-14/h1-10,15-16,18-19H,11-12H2/t15-/m1/s1. The SMILES string of the molecule is O[C@H](CCl)CNC(c1ccccc1)c1ccccc1. The number of rotatable bonds is 6. The summed E-state index contributed by atoms with van der Waals surface area (Å²) < 4.78 is 0. The number of halogens is 1. The van der Waals surface area contributed by atoms with Crippen molar-refractivity contribution < 1.29 is 5.11 Å². The minimum absolute atomic E-state index is 0.0697. The van der Waals surface area contributed by atoms with Crippen molar-refractivity contribution in [1.29, 1.82) is 0 Å². The Labute approximate surface area is 119 Å². The lowest BCUT2D eigenvalue weighted by molar-refractivity contribution is 0.191. The average molecular weight is 276 g/mol. The van der Waals surface area contributed by atoms with Crippen LogP contribution in [0.15, 0.2) is 60.7 Å². The maximum Gasteiger partial charge on any atom is 0.0799 e. The highest BCUT2D eigenvalue weighted by Gasteiger charge is 2.14. The van der Waals surface area contributed by atoms with Crippen molar-refractivity contribution >= 4 is 11.6 Å². The van der Waals surface area contributed by atoms with E-state index < -0.39 is 6.10 Å². The lowest BCUT2D eigenvalue weighted by atomic mass is 9.98. The summed E-state index contributed by atoms with van der Waals surface area (Å²) in [4.78, 5) is 0. The van der Waals surface area contributed by atoms with Gasteiger partial charge in [-0.05, 0) is 11.1 Å². The Morgan fingerprint density at radius 3 is 1.79 bits per heavy atom. The Morgan fingerprint density at radius 1 is 0.895 bits per heavy atom. The van der Waals surface area contributed by atoms with Gasteiger partial charge in [-0.2, -0.15) is 0 Å². The molecule has 2 aromatic rings. The molecule has 0 aromatic heterocycles. The van der Waals surface area contributed by atoms with E-state index in [-0.39, 0.29) is 11.9 Å². The highest BCUT2D eigenvalue weighted by Crippen LogP contribution is 2.21. The Kier molecular flexibility index (Phi) is 5.40. The first-order chi connectivity index (χ1) is 9.31. The molecule has 0 aliphatic heterocycles. The van der Waals surface area contributed by atoms with E-state index in [0.717, 1.165) is 0 Å². The Balaban J connectivity index is 2.19. The highest BCUT2D eigenvalue weighted by atomic mass is 35.5. The van der Waals surface area contributed by atoms with Crippen LogP contribution in [0.4, 0.5) is 0 Å². The molecule has 0 aliphatic carbocycles. The molecule has 2 rings (SSSR count). The fourth-order valence-corrected chi connectivity index (χ4v) is 2.14. The van der Waals surface area contributed by atoms with E-state index in [9.17, 15) is 5.11 Å². The van der Waals surface area contributed by atoms with Crippen LogP contribution >= 0.6 is 11.6 Å². The van der Waals surface area contributed by atoms with Gasteiger partial charge in [0.05, 0.1) is 12.1 Å². The molecule has 0 radical (unpaired) electrons. The van der Waals surface area contributed by atoms with Crippen molar-refractivity contribution in [3.63, 3.8) is 0 Å². The fraction of sp³-hybridized carbons (Fsp3) is 0.250. The molecule has 0 aliphatic rings. The molecule has 100 valence electrons. The van der Waals surface area contributed by atoms with E-state index in [1.165, 1.54) is 11.1 Å². The van der Waals surface area contributed by atoms with Gasteiger partial charge in [0.1, 0.15) is 0 Å². The molecular formula is C16H18ClNO. The fourth-order valence-electron chi connectivity index (χ4n) is 2.03. The zero-order valence-electron chi connectivity index (χ0n) is 10.7. The van der Waals surface area contributed by atoms with Crippen LogP contribution in [-0.4, -0.2) is 23.6 Å². The summed E-state index contributed by atoms with van der Waals surface area (Å²) >= 11 is 5.64. The first-order valence-electron chi connectivity index (χ1n) is 6.38. The largest absolute Gasteiger partial charge is 0.391 e. The predicted octanol–water partition coefficient (Wildman–Crippen LogP) is 2.97. The van der Waals surface area contributed by atoms with Crippen molar-refractivity contribution in [2.24, 2.45) is 0 Å². The van der Waals surface area contributed by atoms with Crippen molar-refractivity contribution in [3.8, 4) is 0 Å². The molecule has 19 heavy (non-hydrogen) atoms. The number of alkyl halides is 1. The van der Waals surface area contributed by atoms with E-state index in [0.29, 0.717) is 6.54 Å². The quantitative estimate of drug-likeness (QED) is 0.795. The summed E-state index contributed by atoms with van der Waals surface area (Å²) in [6, 6.07) is 20.5. The molecule has 1 atom stereocenters. The van der Waals surface area contributed by atoms with E-state index >= 15 is 0 Å². The molecule has 2 aromatic carbocycles. The minimum atomic E-state index is -0.531. The molecule has 0 fully saturated rings. The lowest BCUT2D eigenvalue weighted by Crippen LogP contribution is -2.31. The molecule has 2 N–H and O–H groups in total. The molecule has 3 heteroatoms. The summed E-state index contributed by atoms with van der Waals surface area (Å²) in [7, 11) is 0. The normalized spacial score (nSPS) is 12.6. The summed E-state index contributed by atoms with van der Waals surface area (Å²) in [5.41, 5.74) is 2.35. The van der Waals surface area contributed by atoms with Crippen molar-refractivity contribution in [2.45, 2.75) is 12.1 Å². The second kappa shape index (κ2) is 7.29. The Hall–Kier alpha value is -1.35. The number of hydrogen-bond donors (Lipinski definition) is 2. The van der Waals surface area contributed by atoms with E-state index in [1.807, 2.05) is 36.4 Å². The monoisotopic (exact) mass is 275 g/mol. The van der Waals surface area contributed by atoms with Gasteiger partial charge in [0.25, 0.3) is 0 Å². The number of aliphatic hydroxyl groups is 1. The van der Waals surface area contributed by atoms with Crippen LogP contribution in [0, 0.1) is 0 Å². The molecule has 0 heterocycles. The molecule has 0 spiro atoms. The summed E-state index contributed by atoms with van der Waals surface area (Å²) in [6.07, 6.45) is -0.531. The van der Waals surface area contributed by atoms with Crippen LogP contribution < -0.4 is 5.32 Å². The minimum Gasteiger partial charge on any atom is -0.391 e. The van der Waals surface area contributed by atoms with E-state index in [2.05, 4.69) is 29.6 Å². The molecule has 0 amide bonds. The van der Waals surface area contributed by atoms with Crippen LogP contribution in [0.3, 0.4) is 0 Å². The van der Waals surface area contributed by atoms with Crippen LogP contribution in [0.2, 0.25) is 0 Å². The maximum absolute atomic E-state index is 9.61. The van der Waals surface area contributed by atoms with E-state index in [1.54, 1.807) is 0 Å². The summed E-state index contributed by atoms with van der Waals surface area (Å²) in [5.74, 6) is 0.239. The molecule has 0 saturated carbocycles. The first-order valence-corrected chi connectivity index (χ1v) is 6.92. The maximum atomic E-state index is 9.61. The molecule has 2 nitrogen and oxygen atoms in total. The smallest absolute Gasteiger partial charge is 0.0799 e. The van der Waals surface area contributed by atoms with Crippen LogP contribution in [0.5, 0.6) is 0 Å². The zero-order chi connectivity index (χ0) is 13.5. The van der Waals surface area contributed by atoms with Gasteiger partial charge in [-0.15, -0.1) is 11.6 Å². The highest BCUT2D eigenvalue weighted by molar-refractivity contribution is 6.18. The van der Waals surface area contributed by atoms with Gasteiger partial charge in [-0.25, -0.2) is 0 Å². The second-order valence-electron chi connectivity index (χ2n) is 4.47. The van der Waals surface area contributed by atoms with Gasteiger partial charge < -0.3 is 10.4 Å². The first kappa shape index (κ1) is 14.1. The van der Waals surface area contributed by atoms with Crippen LogP contribution in [-0.2, 0) is 0 Å². The number of hydrogen-bond acceptors (Lipinski definition) is 2. The van der Waals surface area contributed by atoms with Crippen molar-refractivity contribution in [2.75, 3.05) is 12.4 Å². The number of benzene rings is 2. The zero-order valence-corrected chi connectivity index (χ0v) is 11.4. The Bertz CT molecular complexity index is 435. The van der Waals surface area contributed by atoms with Gasteiger partial charge in [-0.1, -0.05) is 60.7 Å². The third kappa shape index (κ3) is 4.06. The third-order valence-corrected chi connectivity index (χ3v) is 3.36. The van der Waals surface area contributed by atoms with Crippen LogP contribution in [0.1, 0.15) is 17.2 Å². The van der Waals surface area contributed by atoms with Crippen molar-refractivity contribution in [1.82, 2.24) is 5.32 Å². The van der Waals surface area contributed by atoms with Gasteiger partial charge >= 0.3 is 0 Å². The second-order valence-corrected chi connectivity index (χ2v) is 4.78. The van der Waals surface area contributed by atoms with Crippen LogP contribution in [0.25, 0.3) is 0 Å². The van der Waals surface area contributed by atoms with Crippen molar-refractivity contribution in [3.05, 3.63) is 71.8 Å². The molecular weight excluding hydrogens is 258 g/mol. The Morgan fingerprint density at radius 2 is 1.37 bits per heavy atom. The summed E-state index contributed by atoms with van der Waals surface area (Å²) in [6.45, 7) is 0.470. The number of aliphatic hydroxyl groups excluding tert-OH is 1. The molecule has 0 bridgehead atoms. The van der Waals surface area contributed by atoms with Gasteiger partial charge in [0.15, 0.2) is 0 Å². The molecule has 0 unspecified atom stereocenters. The third-order valence-electron chi connectivity index (χ3n) is 3.00. The van der Waals surface area contributed by atoms with Gasteiger partial charge in [-0.3, -0.25) is 0 Å². The average Bonchev–Trinajstić information content (AvgIpc) is 2.49. The van der Waals surface area contributed by atoms with Gasteiger partial charge in [0, 0.05) is 12.4 Å². The summed E-state index contributed by atoms with van der Waals surface area (Å²) in [5, 5.41) is 13.0. The van der Waals surface area contributed by atoms with Gasteiger partial charge in [0.2, 0.25) is 0 Å². The number of nitrogens with one attached hydrogen (secondary N) is 1. The molecule has 0 saturated heterocycles. The van der Waals surface area contributed by atoms with E-state index in [4.69, 9.17) is 11.6 Å². The lowest BCUT2D eigenvalue weighted by Gasteiger charge is -2.21. The predicted molar refractivity (Wildman–Crippen MR) is 79.5 cm³/mol. The topological polar surface area (TPSA) is 32.3 Å².